The predicted molar refractivity (Wildman–Crippen MR) is 101 cm³/mol. The standard InChI is InChI=1S/C21H16FN3O/c1-26-15-12-10-14(11-13-15)23-21-17-7-3-5-9-19(17)24-20(25-21)16-6-2-4-8-18(16)22/h2-13H,1H3,(H,23,24,25). The van der Waals surface area contributed by atoms with Gasteiger partial charge in [0.1, 0.15) is 17.4 Å². The van der Waals surface area contributed by atoms with Gasteiger partial charge in [-0.05, 0) is 48.5 Å². The summed E-state index contributed by atoms with van der Waals surface area (Å²) < 4.78 is 19.4. The number of aromatic nitrogens is 2. The van der Waals surface area contributed by atoms with E-state index >= 15 is 0 Å². The van der Waals surface area contributed by atoms with Crippen molar-refractivity contribution in [3.63, 3.8) is 0 Å². The Morgan fingerprint density at radius 3 is 2.35 bits per heavy atom. The van der Waals surface area contributed by atoms with Crippen LogP contribution in [0.4, 0.5) is 15.9 Å². The highest BCUT2D eigenvalue weighted by Gasteiger charge is 2.12. The summed E-state index contributed by atoms with van der Waals surface area (Å²) >= 11 is 0. The van der Waals surface area contributed by atoms with E-state index in [1.54, 1.807) is 25.3 Å². The minimum absolute atomic E-state index is 0.345. The maximum atomic E-state index is 14.2. The summed E-state index contributed by atoms with van der Waals surface area (Å²) in [6, 6.07) is 21.7. The minimum atomic E-state index is -0.349. The number of benzene rings is 3. The Morgan fingerprint density at radius 1 is 0.846 bits per heavy atom. The van der Waals surface area contributed by atoms with E-state index in [1.807, 2.05) is 48.5 Å². The molecule has 26 heavy (non-hydrogen) atoms. The van der Waals surface area contributed by atoms with Crippen LogP contribution in [0, 0.1) is 5.82 Å². The van der Waals surface area contributed by atoms with Crippen molar-refractivity contribution in [3.8, 4) is 17.1 Å². The van der Waals surface area contributed by atoms with E-state index in [0.29, 0.717) is 17.2 Å². The third kappa shape index (κ3) is 3.07. The fourth-order valence-electron chi connectivity index (χ4n) is 2.75. The highest BCUT2D eigenvalue weighted by molar-refractivity contribution is 5.92. The van der Waals surface area contributed by atoms with Gasteiger partial charge in [-0.3, -0.25) is 0 Å². The Labute approximate surface area is 150 Å². The molecule has 128 valence electrons. The second kappa shape index (κ2) is 6.80. The van der Waals surface area contributed by atoms with Gasteiger partial charge in [-0.2, -0.15) is 0 Å². The van der Waals surface area contributed by atoms with Crippen LogP contribution in [0.1, 0.15) is 0 Å². The van der Waals surface area contributed by atoms with Crippen LogP contribution in [-0.2, 0) is 0 Å². The molecular formula is C21H16FN3O. The first-order chi connectivity index (χ1) is 12.7. The first-order valence-corrected chi connectivity index (χ1v) is 8.17. The van der Waals surface area contributed by atoms with Crippen LogP contribution >= 0.6 is 0 Å². The van der Waals surface area contributed by atoms with Crippen LogP contribution in [0.2, 0.25) is 0 Å². The van der Waals surface area contributed by atoms with Crippen LogP contribution in [0.25, 0.3) is 22.3 Å². The fraction of sp³-hybridized carbons (Fsp3) is 0.0476. The van der Waals surface area contributed by atoms with Crippen molar-refractivity contribution < 1.29 is 9.13 Å². The number of anilines is 2. The summed E-state index contributed by atoms with van der Waals surface area (Å²) in [5.41, 5.74) is 1.97. The normalized spacial score (nSPS) is 10.7. The van der Waals surface area contributed by atoms with E-state index in [2.05, 4.69) is 15.3 Å². The maximum Gasteiger partial charge on any atom is 0.165 e. The monoisotopic (exact) mass is 345 g/mol. The highest BCUT2D eigenvalue weighted by atomic mass is 19.1. The Morgan fingerprint density at radius 2 is 1.58 bits per heavy atom. The quantitative estimate of drug-likeness (QED) is 0.553. The molecule has 0 spiro atoms. The van der Waals surface area contributed by atoms with Gasteiger partial charge in [0, 0.05) is 11.1 Å². The molecule has 0 aliphatic rings. The van der Waals surface area contributed by atoms with Crippen molar-refractivity contribution >= 4 is 22.4 Å². The van der Waals surface area contributed by atoms with Gasteiger partial charge in [-0.25, -0.2) is 14.4 Å². The summed E-state index contributed by atoms with van der Waals surface area (Å²) in [4.78, 5) is 9.10. The number of hydrogen-bond donors (Lipinski definition) is 1. The molecule has 3 aromatic carbocycles. The Kier molecular flexibility index (Phi) is 4.19. The molecule has 0 bridgehead atoms. The number of ether oxygens (including phenoxy) is 1. The minimum Gasteiger partial charge on any atom is -0.497 e. The number of nitrogens with zero attached hydrogens (tertiary/aromatic N) is 2. The number of para-hydroxylation sites is 1. The molecule has 1 N–H and O–H groups in total. The van der Waals surface area contributed by atoms with Crippen LogP contribution in [0.5, 0.6) is 5.75 Å². The van der Waals surface area contributed by atoms with Crippen LogP contribution in [0.3, 0.4) is 0 Å². The van der Waals surface area contributed by atoms with Gasteiger partial charge in [0.15, 0.2) is 5.82 Å². The van der Waals surface area contributed by atoms with E-state index in [9.17, 15) is 4.39 Å². The zero-order chi connectivity index (χ0) is 17.9. The number of rotatable bonds is 4. The lowest BCUT2D eigenvalue weighted by atomic mass is 10.1. The van der Waals surface area contributed by atoms with Gasteiger partial charge in [-0.15, -0.1) is 0 Å². The molecule has 0 radical (unpaired) electrons. The van der Waals surface area contributed by atoms with Crippen molar-refractivity contribution in [2.75, 3.05) is 12.4 Å². The Hall–Kier alpha value is -3.47. The van der Waals surface area contributed by atoms with E-state index in [-0.39, 0.29) is 5.82 Å². The van der Waals surface area contributed by atoms with Crippen molar-refractivity contribution in [1.29, 1.82) is 0 Å². The SMILES string of the molecule is COc1ccc(Nc2nc(-c3ccccc3F)nc3ccccc23)cc1. The topological polar surface area (TPSA) is 47.0 Å². The van der Waals surface area contributed by atoms with Gasteiger partial charge in [0.2, 0.25) is 0 Å². The van der Waals surface area contributed by atoms with E-state index < -0.39 is 0 Å². The van der Waals surface area contributed by atoms with E-state index in [1.165, 1.54) is 6.07 Å². The number of methoxy groups -OCH3 is 1. The van der Waals surface area contributed by atoms with Gasteiger partial charge in [-0.1, -0.05) is 24.3 Å². The third-order valence-electron chi connectivity index (χ3n) is 4.07. The van der Waals surface area contributed by atoms with Gasteiger partial charge < -0.3 is 10.1 Å². The average molecular weight is 345 g/mol. The molecule has 0 amide bonds. The molecule has 0 fully saturated rings. The maximum absolute atomic E-state index is 14.2. The molecule has 1 aromatic heterocycles. The number of hydrogen-bond acceptors (Lipinski definition) is 4. The smallest absolute Gasteiger partial charge is 0.165 e. The van der Waals surface area contributed by atoms with Crippen molar-refractivity contribution in [1.82, 2.24) is 9.97 Å². The molecule has 5 heteroatoms. The first-order valence-electron chi connectivity index (χ1n) is 8.17. The average Bonchev–Trinajstić information content (AvgIpc) is 2.69. The second-order valence-electron chi connectivity index (χ2n) is 5.75. The third-order valence-corrected chi connectivity index (χ3v) is 4.07. The van der Waals surface area contributed by atoms with Crippen molar-refractivity contribution in [2.24, 2.45) is 0 Å². The Bertz CT molecular complexity index is 1060. The molecule has 0 unspecified atom stereocenters. The number of nitrogens with one attached hydrogen (secondary N) is 1. The van der Waals surface area contributed by atoms with Crippen molar-refractivity contribution in [3.05, 3.63) is 78.6 Å². The molecule has 0 atom stereocenters. The zero-order valence-electron chi connectivity index (χ0n) is 14.1. The van der Waals surface area contributed by atoms with Gasteiger partial charge in [0.25, 0.3) is 0 Å². The molecule has 4 nitrogen and oxygen atoms in total. The molecule has 4 aromatic rings. The molecule has 0 aliphatic heterocycles. The van der Waals surface area contributed by atoms with E-state index in [4.69, 9.17) is 4.74 Å². The Balaban J connectivity index is 1.83. The second-order valence-corrected chi connectivity index (χ2v) is 5.75. The van der Waals surface area contributed by atoms with E-state index in [0.717, 1.165) is 22.3 Å². The summed E-state index contributed by atoms with van der Waals surface area (Å²) in [6.07, 6.45) is 0. The predicted octanol–water partition coefficient (Wildman–Crippen LogP) is 5.19. The first kappa shape index (κ1) is 16.0. The fourth-order valence-corrected chi connectivity index (χ4v) is 2.75. The molecule has 1 heterocycles. The number of fused-ring (bicyclic) bond motifs is 1. The summed E-state index contributed by atoms with van der Waals surface area (Å²) in [5.74, 6) is 1.39. The molecular weight excluding hydrogens is 329 g/mol. The molecule has 4 rings (SSSR count). The summed E-state index contributed by atoms with van der Waals surface area (Å²) in [7, 11) is 1.63. The summed E-state index contributed by atoms with van der Waals surface area (Å²) in [5, 5.41) is 4.16. The van der Waals surface area contributed by atoms with Gasteiger partial charge in [0.05, 0.1) is 18.2 Å². The lowest BCUT2D eigenvalue weighted by Crippen LogP contribution is -2.00. The lowest BCUT2D eigenvalue weighted by molar-refractivity contribution is 0.415. The molecule has 0 aliphatic carbocycles. The highest BCUT2D eigenvalue weighted by Crippen LogP contribution is 2.28. The van der Waals surface area contributed by atoms with Crippen LogP contribution in [-0.4, -0.2) is 17.1 Å². The molecule has 0 saturated heterocycles. The van der Waals surface area contributed by atoms with Crippen LogP contribution in [0.15, 0.2) is 72.8 Å². The lowest BCUT2D eigenvalue weighted by Gasteiger charge is -2.12. The van der Waals surface area contributed by atoms with Gasteiger partial charge >= 0.3 is 0 Å². The van der Waals surface area contributed by atoms with Crippen LogP contribution < -0.4 is 10.1 Å². The molecule has 0 saturated carbocycles. The summed E-state index contributed by atoms with van der Waals surface area (Å²) in [6.45, 7) is 0. The zero-order valence-corrected chi connectivity index (χ0v) is 14.1. The largest absolute Gasteiger partial charge is 0.497 e. The van der Waals surface area contributed by atoms with Crippen molar-refractivity contribution in [2.45, 2.75) is 0 Å². The number of halogens is 1.